The molecule has 3 heteroatoms. The van der Waals surface area contributed by atoms with Crippen LogP contribution in [-0.4, -0.2) is 31.1 Å². The maximum absolute atomic E-state index is 12.0. The van der Waals surface area contributed by atoms with Gasteiger partial charge in [0.1, 0.15) is 5.78 Å². The molecule has 0 aromatic rings. The first-order chi connectivity index (χ1) is 7.33. The fourth-order valence-corrected chi connectivity index (χ4v) is 3.37. The van der Waals surface area contributed by atoms with E-state index < -0.39 is 0 Å². The Morgan fingerprint density at radius 3 is 3.07 bits per heavy atom. The van der Waals surface area contributed by atoms with Crippen molar-refractivity contribution in [3.63, 3.8) is 0 Å². The molecule has 3 aliphatic rings. The standard InChI is InChI=1S/C12H19NO2/c14-12-6-9-1-2-11(13-9)10(12)5-8-3-4-15-7-8/h8-11,13H,1-7H2. The first-order valence-corrected chi connectivity index (χ1v) is 6.19. The van der Waals surface area contributed by atoms with Crippen molar-refractivity contribution in [2.24, 2.45) is 11.8 Å². The van der Waals surface area contributed by atoms with Crippen molar-refractivity contribution in [2.45, 2.75) is 44.2 Å². The van der Waals surface area contributed by atoms with Crippen LogP contribution in [0.25, 0.3) is 0 Å². The zero-order valence-corrected chi connectivity index (χ0v) is 9.08. The lowest BCUT2D eigenvalue weighted by atomic mass is 9.83. The largest absolute Gasteiger partial charge is 0.381 e. The Kier molecular flexibility index (Phi) is 2.53. The number of ether oxygens (including phenoxy) is 1. The van der Waals surface area contributed by atoms with E-state index in [0.29, 0.717) is 23.8 Å². The molecule has 2 bridgehead atoms. The molecule has 4 atom stereocenters. The smallest absolute Gasteiger partial charge is 0.139 e. The van der Waals surface area contributed by atoms with E-state index in [2.05, 4.69) is 5.32 Å². The van der Waals surface area contributed by atoms with Gasteiger partial charge in [-0.2, -0.15) is 0 Å². The van der Waals surface area contributed by atoms with E-state index in [1.807, 2.05) is 0 Å². The Morgan fingerprint density at radius 1 is 1.33 bits per heavy atom. The number of piperidine rings is 1. The molecule has 15 heavy (non-hydrogen) atoms. The topological polar surface area (TPSA) is 38.3 Å². The lowest BCUT2D eigenvalue weighted by molar-refractivity contribution is -0.126. The van der Waals surface area contributed by atoms with Crippen molar-refractivity contribution in [2.75, 3.05) is 13.2 Å². The summed E-state index contributed by atoms with van der Waals surface area (Å²) in [6.45, 7) is 1.77. The normalized spacial score (nSPS) is 44.9. The van der Waals surface area contributed by atoms with Gasteiger partial charge in [-0.25, -0.2) is 0 Å². The number of Topliss-reactive ketones (excluding diaryl/α,β-unsaturated/α-hetero) is 1. The first-order valence-electron chi connectivity index (χ1n) is 6.19. The van der Waals surface area contributed by atoms with E-state index in [9.17, 15) is 4.79 Å². The molecule has 3 nitrogen and oxygen atoms in total. The van der Waals surface area contributed by atoms with E-state index in [-0.39, 0.29) is 5.92 Å². The van der Waals surface area contributed by atoms with Crippen LogP contribution in [0, 0.1) is 11.8 Å². The molecule has 0 aromatic heterocycles. The van der Waals surface area contributed by atoms with Gasteiger partial charge in [0.15, 0.2) is 0 Å². The Labute approximate surface area is 90.6 Å². The molecule has 3 saturated heterocycles. The second kappa shape index (κ2) is 3.87. The summed E-state index contributed by atoms with van der Waals surface area (Å²) in [4.78, 5) is 12.0. The molecule has 0 saturated carbocycles. The molecule has 3 rings (SSSR count). The van der Waals surface area contributed by atoms with E-state index in [4.69, 9.17) is 4.74 Å². The van der Waals surface area contributed by atoms with Gasteiger partial charge in [0, 0.05) is 37.6 Å². The highest BCUT2D eigenvalue weighted by atomic mass is 16.5. The van der Waals surface area contributed by atoms with Crippen molar-refractivity contribution in [3.05, 3.63) is 0 Å². The molecule has 0 aromatic carbocycles. The van der Waals surface area contributed by atoms with Gasteiger partial charge in [-0.05, 0) is 31.6 Å². The maximum Gasteiger partial charge on any atom is 0.139 e. The van der Waals surface area contributed by atoms with Crippen LogP contribution in [0.5, 0.6) is 0 Å². The monoisotopic (exact) mass is 209 g/mol. The quantitative estimate of drug-likeness (QED) is 0.740. The van der Waals surface area contributed by atoms with Crippen molar-refractivity contribution in [1.82, 2.24) is 5.32 Å². The minimum Gasteiger partial charge on any atom is -0.381 e. The van der Waals surface area contributed by atoms with Gasteiger partial charge >= 0.3 is 0 Å². The maximum atomic E-state index is 12.0. The minimum absolute atomic E-state index is 0.287. The zero-order chi connectivity index (χ0) is 10.3. The van der Waals surface area contributed by atoms with Crippen LogP contribution in [0.15, 0.2) is 0 Å². The summed E-state index contributed by atoms with van der Waals surface area (Å²) in [5, 5.41) is 3.58. The third-order valence-corrected chi connectivity index (χ3v) is 4.23. The number of rotatable bonds is 2. The number of ketones is 1. The Bertz CT molecular complexity index is 260. The number of fused-ring (bicyclic) bond motifs is 2. The SMILES string of the molecule is O=C1CC2CCC(N2)C1CC1CCOC1. The Hall–Kier alpha value is -0.410. The average Bonchev–Trinajstić information content (AvgIpc) is 2.82. The van der Waals surface area contributed by atoms with Gasteiger partial charge in [0.25, 0.3) is 0 Å². The minimum atomic E-state index is 0.287. The van der Waals surface area contributed by atoms with Crippen LogP contribution < -0.4 is 5.32 Å². The molecule has 84 valence electrons. The number of carbonyl (C=O) groups excluding carboxylic acids is 1. The molecule has 4 unspecified atom stereocenters. The molecular formula is C12H19NO2. The number of carbonyl (C=O) groups is 1. The molecule has 3 heterocycles. The molecule has 1 N–H and O–H groups in total. The first kappa shape index (κ1) is 9.79. The van der Waals surface area contributed by atoms with Crippen LogP contribution in [0.4, 0.5) is 0 Å². The molecule has 0 amide bonds. The summed E-state index contributed by atoms with van der Waals surface area (Å²) in [6, 6.07) is 0.982. The van der Waals surface area contributed by atoms with Crippen LogP contribution in [-0.2, 0) is 9.53 Å². The summed E-state index contributed by atoms with van der Waals surface area (Å²) in [6.07, 6.45) is 5.39. The predicted octanol–water partition coefficient (Wildman–Crippen LogP) is 1.12. The highest BCUT2D eigenvalue weighted by Crippen LogP contribution is 2.34. The summed E-state index contributed by atoms with van der Waals surface area (Å²) in [5.74, 6) is 1.43. The van der Waals surface area contributed by atoms with Crippen molar-refractivity contribution >= 4 is 5.78 Å². The third-order valence-electron chi connectivity index (χ3n) is 4.23. The lowest BCUT2D eigenvalue weighted by Gasteiger charge is -2.30. The van der Waals surface area contributed by atoms with Crippen LogP contribution in [0.1, 0.15) is 32.1 Å². The van der Waals surface area contributed by atoms with Gasteiger partial charge < -0.3 is 10.1 Å². The van der Waals surface area contributed by atoms with Crippen LogP contribution in [0.2, 0.25) is 0 Å². The van der Waals surface area contributed by atoms with Gasteiger partial charge in [-0.3, -0.25) is 4.79 Å². The van der Waals surface area contributed by atoms with Crippen molar-refractivity contribution in [1.29, 1.82) is 0 Å². The van der Waals surface area contributed by atoms with E-state index >= 15 is 0 Å². The fraction of sp³-hybridized carbons (Fsp3) is 0.917. The molecule has 0 aliphatic carbocycles. The predicted molar refractivity (Wildman–Crippen MR) is 56.6 cm³/mol. The number of hydrogen-bond donors (Lipinski definition) is 1. The van der Waals surface area contributed by atoms with Crippen LogP contribution >= 0.6 is 0 Å². The molecular weight excluding hydrogens is 190 g/mol. The number of hydrogen-bond acceptors (Lipinski definition) is 3. The van der Waals surface area contributed by atoms with E-state index in [1.165, 1.54) is 12.8 Å². The van der Waals surface area contributed by atoms with E-state index in [0.717, 1.165) is 32.5 Å². The third kappa shape index (κ3) is 1.83. The summed E-state index contributed by atoms with van der Waals surface area (Å²) >= 11 is 0. The van der Waals surface area contributed by atoms with Crippen molar-refractivity contribution < 1.29 is 9.53 Å². The fourth-order valence-electron chi connectivity index (χ4n) is 3.37. The van der Waals surface area contributed by atoms with Gasteiger partial charge in [0.2, 0.25) is 0 Å². The molecule has 3 aliphatic heterocycles. The summed E-state index contributed by atoms with van der Waals surface area (Å²) in [5.41, 5.74) is 0. The van der Waals surface area contributed by atoms with Gasteiger partial charge in [-0.1, -0.05) is 0 Å². The second-order valence-electron chi connectivity index (χ2n) is 5.29. The summed E-state index contributed by atoms with van der Waals surface area (Å²) in [7, 11) is 0. The molecule has 3 fully saturated rings. The Balaban J connectivity index is 1.65. The van der Waals surface area contributed by atoms with E-state index in [1.54, 1.807) is 0 Å². The highest BCUT2D eigenvalue weighted by molar-refractivity contribution is 5.83. The van der Waals surface area contributed by atoms with Gasteiger partial charge in [-0.15, -0.1) is 0 Å². The highest BCUT2D eigenvalue weighted by Gasteiger charge is 2.41. The molecule has 0 radical (unpaired) electrons. The average molecular weight is 209 g/mol. The zero-order valence-electron chi connectivity index (χ0n) is 9.08. The van der Waals surface area contributed by atoms with Gasteiger partial charge in [0.05, 0.1) is 0 Å². The summed E-state index contributed by atoms with van der Waals surface area (Å²) < 4.78 is 5.38. The number of nitrogens with one attached hydrogen (secondary N) is 1. The Morgan fingerprint density at radius 2 is 2.27 bits per heavy atom. The molecule has 0 spiro atoms. The van der Waals surface area contributed by atoms with Crippen LogP contribution in [0.3, 0.4) is 0 Å². The lowest BCUT2D eigenvalue weighted by Crippen LogP contribution is -2.46. The second-order valence-corrected chi connectivity index (χ2v) is 5.29. The van der Waals surface area contributed by atoms with Crippen molar-refractivity contribution in [3.8, 4) is 0 Å².